The summed E-state index contributed by atoms with van der Waals surface area (Å²) in [6, 6.07) is 0.268. The summed E-state index contributed by atoms with van der Waals surface area (Å²) >= 11 is 0. The Bertz CT molecular complexity index is 265. The Morgan fingerprint density at radius 1 is 1.60 bits per heavy atom. The van der Waals surface area contributed by atoms with Crippen molar-refractivity contribution in [2.45, 2.75) is 38.8 Å². The van der Waals surface area contributed by atoms with Crippen molar-refractivity contribution in [1.82, 2.24) is 5.32 Å². The van der Waals surface area contributed by atoms with E-state index in [-0.39, 0.29) is 17.4 Å². The Morgan fingerprint density at radius 3 is 3.00 bits per heavy atom. The molecule has 15 heavy (non-hydrogen) atoms. The van der Waals surface area contributed by atoms with Crippen LogP contribution in [0.3, 0.4) is 0 Å². The Hall–Kier alpha value is -0.610. The van der Waals surface area contributed by atoms with Crippen LogP contribution in [-0.4, -0.2) is 31.2 Å². The first-order valence-corrected chi connectivity index (χ1v) is 5.68. The van der Waals surface area contributed by atoms with E-state index in [1.807, 2.05) is 0 Å². The van der Waals surface area contributed by atoms with Crippen molar-refractivity contribution < 1.29 is 9.53 Å². The first kappa shape index (κ1) is 10.9. The van der Waals surface area contributed by atoms with E-state index in [1.54, 1.807) is 0 Å². The number of fused-ring (bicyclic) bond motifs is 1. The van der Waals surface area contributed by atoms with Crippen LogP contribution in [0, 0.1) is 11.3 Å². The molecule has 4 heteroatoms. The van der Waals surface area contributed by atoms with E-state index in [9.17, 15) is 4.79 Å². The van der Waals surface area contributed by atoms with Crippen LogP contribution >= 0.6 is 0 Å². The molecule has 0 aromatic heterocycles. The third-order valence-corrected chi connectivity index (χ3v) is 3.79. The van der Waals surface area contributed by atoms with Crippen molar-refractivity contribution in [3.63, 3.8) is 0 Å². The summed E-state index contributed by atoms with van der Waals surface area (Å²) in [4.78, 5) is 11.5. The van der Waals surface area contributed by atoms with E-state index in [1.165, 1.54) is 0 Å². The first-order chi connectivity index (χ1) is 7.07. The number of hydrogen-bond donors (Lipinski definition) is 2. The van der Waals surface area contributed by atoms with Gasteiger partial charge in [0.15, 0.2) is 0 Å². The molecule has 1 saturated heterocycles. The number of carbonyl (C=O) groups is 1. The standard InChI is InChI=1S/C11H20N2O2/c1-11(2)9(13-8(14)3-5-12)7-4-6-15-10(7)11/h7,9-10H,3-6,12H2,1-2H3,(H,13,14). The molecule has 86 valence electrons. The summed E-state index contributed by atoms with van der Waals surface area (Å²) < 4.78 is 5.66. The van der Waals surface area contributed by atoms with E-state index >= 15 is 0 Å². The summed E-state index contributed by atoms with van der Waals surface area (Å²) in [6.07, 6.45) is 1.83. The average Bonchev–Trinajstić information content (AvgIpc) is 2.61. The third kappa shape index (κ3) is 1.66. The molecule has 3 atom stereocenters. The van der Waals surface area contributed by atoms with Gasteiger partial charge >= 0.3 is 0 Å². The molecular weight excluding hydrogens is 192 g/mol. The number of carbonyl (C=O) groups excluding carboxylic acids is 1. The summed E-state index contributed by atoms with van der Waals surface area (Å²) in [5.74, 6) is 0.586. The van der Waals surface area contributed by atoms with Crippen molar-refractivity contribution in [3.8, 4) is 0 Å². The molecule has 4 nitrogen and oxygen atoms in total. The van der Waals surface area contributed by atoms with E-state index in [0.29, 0.717) is 25.0 Å². The van der Waals surface area contributed by atoms with Crippen LogP contribution in [0.25, 0.3) is 0 Å². The van der Waals surface area contributed by atoms with Crippen molar-refractivity contribution in [3.05, 3.63) is 0 Å². The summed E-state index contributed by atoms with van der Waals surface area (Å²) in [5, 5.41) is 3.08. The molecule has 1 amide bonds. The Labute approximate surface area is 90.5 Å². The first-order valence-electron chi connectivity index (χ1n) is 5.68. The highest BCUT2D eigenvalue weighted by atomic mass is 16.5. The van der Waals surface area contributed by atoms with Crippen LogP contribution in [-0.2, 0) is 9.53 Å². The number of ether oxygens (including phenoxy) is 1. The number of nitrogens with one attached hydrogen (secondary N) is 1. The van der Waals surface area contributed by atoms with Crippen LogP contribution in [0.1, 0.15) is 26.7 Å². The predicted octanol–water partition coefficient (Wildman–Crippen LogP) is 0.265. The Balaban J connectivity index is 1.95. The van der Waals surface area contributed by atoms with Gasteiger partial charge in [-0.3, -0.25) is 4.79 Å². The quantitative estimate of drug-likeness (QED) is 0.705. The fourth-order valence-electron chi connectivity index (χ4n) is 2.99. The van der Waals surface area contributed by atoms with Crippen LogP contribution in [0.2, 0.25) is 0 Å². The highest BCUT2D eigenvalue weighted by Crippen LogP contribution is 2.52. The minimum atomic E-state index is 0.0703. The zero-order valence-electron chi connectivity index (χ0n) is 9.45. The van der Waals surface area contributed by atoms with Crippen molar-refractivity contribution in [2.24, 2.45) is 17.1 Å². The average molecular weight is 212 g/mol. The SMILES string of the molecule is CC1(C)C(NC(=O)CCN)C2CCOC21. The second-order valence-corrected chi connectivity index (χ2v) is 5.15. The molecule has 1 heterocycles. The van der Waals surface area contributed by atoms with Crippen molar-refractivity contribution in [2.75, 3.05) is 13.2 Å². The van der Waals surface area contributed by atoms with E-state index < -0.39 is 0 Å². The van der Waals surface area contributed by atoms with Crippen LogP contribution in [0.4, 0.5) is 0 Å². The molecule has 2 fully saturated rings. The number of amides is 1. The summed E-state index contributed by atoms with van der Waals surface area (Å²) in [7, 11) is 0. The molecule has 0 spiro atoms. The molecule has 1 aliphatic heterocycles. The van der Waals surface area contributed by atoms with Gasteiger partial charge in [-0.15, -0.1) is 0 Å². The lowest BCUT2D eigenvalue weighted by atomic mass is 9.57. The van der Waals surface area contributed by atoms with Gasteiger partial charge < -0.3 is 15.8 Å². The number of nitrogens with two attached hydrogens (primary N) is 1. The molecule has 1 aliphatic carbocycles. The predicted molar refractivity (Wildman–Crippen MR) is 57.2 cm³/mol. The highest BCUT2D eigenvalue weighted by Gasteiger charge is 2.59. The fraction of sp³-hybridized carbons (Fsp3) is 0.909. The zero-order chi connectivity index (χ0) is 11.1. The Morgan fingerprint density at radius 2 is 2.33 bits per heavy atom. The van der Waals surface area contributed by atoms with Gasteiger partial charge in [0.05, 0.1) is 6.10 Å². The van der Waals surface area contributed by atoms with Gasteiger partial charge in [0.1, 0.15) is 0 Å². The Kier molecular flexibility index (Phi) is 2.73. The largest absolute Gasteiger partial charge is 0.377 e. The van der Waals surface area contributed by atoms with Gasteiger partial charge in [-0.2, -0.15) is 0 Å². The lowest BCUT2D eigenvalue weighted by molar-refractivity contribution is -0.137. The minimum Gasteiger partial charge on any atom is -0.377 e. The van der Waals surface area contributed by atoms with E-state index in [2.05, 4.69) is 19.2 Å². The topological polar surface area (TPSA) is 64.4 Å². The maximum atomic E-state index is 11.5. The van der Waals surface area contributed by atoms with Gasteiger partial charge in [0.25, 0.3) is 0 Å². The maximum absolute atomic E-state index is 11.5. The lowest BCUT2D eigenvalue weighted by Crippen LogP contribution is -2.66. The van der Waals surface area contributed by atoms with E-state index in [4.69, 9.17) is 10.5 Å². The molecule has 3 unspecified atom stereocenters. The maximum Gasteiger partial charge on any atom is 0.221 e. The smallest absolute Gasteiger partial charge is 0.221 e. The molecule has 2 rings (SSSR count). The second kappa shape index (κ2) is 3.76. The summed E-state index contributed by atoms with van der Waals surface area (Å²) in [6.45, 7) is 5.57. The van der Waals surface area contributed by atoms with Crippen LogP contribution < -0.4 is 11.1 Å². The normalized spacial score (nSPS) is 36.9. The number of hydrogen-bond acceptors (Lipinski definition) is 3. The van der Waals surface area contributed by atoms with Crippen LogP contribution in [0.15, 0.2) is 0 Å². The van der Waals surface area contributed by atoms with Crippen molar-refractivity contribution in [1.29, 1.82) is 0 Å². The monoisotopic (exact) mass is 212 g/mol. The van der Waals surface area contributed by atoms with Crippen LogP contribution in [0.5, 0.6) is 0 Å². The molecule has 0 bridgehead atoms. The van der Waals surface area contributed by atoms with Gasteiger partial charge in [0, 0.05) is 36.9 Å². The van der Waals surface area contributed by atoms with Gasteiger partial charge in [-0.1, -0.05) is 13.8 Å². The molecular formula is C11H20N2O2. The van der Waals surface area contributed by atoms with Gasteiger partial charge in [-0.25, -0.2) is 0 Å². The van der Waals surface area contributed by atoms with Gasteiger partial charge in [-0.05, 0) is 6.42 Å². The van der Waals surface area contributed by atoms with Gasteiger partial charge in [0.2, 0.25) is 5.91 Å². The molecule has 0 radical (unpaired) electrons. The highest BCUT2D eigenvalue weighted by molar-refractivity contribution is 5.76. The molecule has 2 aliphatic rings. The molecule has 3 N–H and O–H groups in total. The lowest BCUT2D eigenvalue weighted by Gasteiger charge is -2.54. The number of rotatable bonds is 3. The second-order valence-electron chi connectivity index (χ2n) is 5.15. The zero-order valence-corrected chi connectivity index (χ0v) is 9.45. The van der Waals surface area contributed by atoms with Crippen molar-refractivity contribution >= 4 is 5.91 Å². The molecule has 0 aromatic rings. The summed E-state index contributed by atoms with van der Waals surface area (Å²) in [5.41, 5.74) is 5.43. The molecule has 1 saturated carbocycles. The fourth-order valence-corrected chi connectivity index (χ4v) is 2.99. The minimum absolute atomic E-state index is 0.0703. The molecule has 0 aromatic carbocycles. The third-order valence-electron chi connectivity index (χ3n) is 3.79. The van der Waals surface area contributed by atoms with E-state index in [0.717, 1.165) is 13.0 Å².